The van der Waals surface area contributed by atoms with Crippen molar-refractivity contribution in [1.29, 1.82) is 0 Å². The Morgan fingerprint density at radius 3 is 2.57 bits per heavy atom. The summed E-state index contributed by atoms with van der Waals surface area (Å²) < 4.78 is 1.96. The molecule has 0 amide bonds. The van der Waals surface area contributed by atoms with Crippen molar-refractivity contribution in [3.8, 4) is 0 Å². The molecular weight excluding hydrogens is 198 g/mol. The summed E-state index contributed by atoms with van der Waals surface area (Å²) in [5.74, 6) is 0. The van der Waals surface area contributed by atoms with Gasteiger partial charge in [0.1, 0.15) is 0 Å². The molecule has 0 aliphatic carbocycles. The largest absolute Gasteiger partial charge is 0.309 e. The first-order valence-electron chi connectivity index (χ1n) is 4.97. The Labute approximate surface area is 90.4 Å². The fraction of sp³-hybridized carbons (Fsp3) is 0.700. The van der Waals surface area contributed by atoms with E-state index >= 15 is 0 Å². The van der Waals surface area contributed by atoms with Gasteiger partial charge in [0.25, 0.3) is 0 Å². The van der Waals surface area contributed by atoms with Gasteiger partial charge in [0, 0.05) is 18.6 Å². The summed E-state index contributed by atoms with van der Waals surface area (Å²) in [6.07, 6.45) is 1.71. The first-order chi connectivity index (χ1) is 6.52. The van der Waals surface area contributed by atoms with Crippen LogP contribution in [0, 0.1) is 0 Å². The summed E-state index contributed by atoms with van der Waals surface area (Å²) in [6, 6.07) is 0.813. The average molecular weight is 216 g/mol. The molecule has 0 radical (unpaired) electrons. The highest BCUT2D eigenvalue weighted by molar-refractivity contribution is 6.31. The van der Waals surface area contributed by atoms with E-state index in [1.807, 2.05) is 4.68 Å². The average Bonchev–Trinajstić information content (AvgIpc) is 2.43. The summed E-state index contributed by atoms with van der Waals surface area (Å²) in [7, 11) is 0. The van der Waals surface area contributed by atoms with Crippen LogP contribution in [-0.2, 0) is 6.54 Å². The minimum atomic E-state index is 0.353. The van der Waals surface area contributed by atoms with Gasteiger partial charge in [-0.15, -0.1) is 0 Å². The Bertz CT molecular complexity index is 292. The van der Waals surface area contributed by atoms with Crippen LogP contribution in [-0.4, -0.2) is 15.8 Å². The minimum absolute atomic E-state index is 0.353. The zero-order valence-electron chi connectivity index (χ0n) is 9.21. The smallest absolute Gasteiger partial charge is 0.0831 e. The van der Waals surface area contributed by atoms with Gasteiger partial charge in [-0.1, -0.05) is 25.4 Å². The molecule has 1 aromatic heterocycles. The summed E-state index contributed by atoms with van der Waals surface area (Å²) in [6.45, 7) is 9.20. The van der Waals surface area contributed by atoms with Crippen LogP contribution in [0.25, 0.3) is 0 Å². The van der Waals surface area contributed by atoms with Crippen molar-refractivity contribution in [2.75, 3.05) is 0 Å². The maximum atomic E-state index is 6.05. The van der Waals surface area contributed by atoms with Gasteiger partial charge in [0.05, 0.1) is 16.9 Å². The van der Waals surface area contributed by atoms with Gasteiger partial charge >= 0.3 is 0 Å². The van der Waals surface area contributed by atoms with Crippen molar-refractivity contribution < 1.29 is 0 Å². The van der Waals surface area contributed by atoms with Gasteiger partial charge in [-0.25, -0.2) is 0 Å². The van der Waals surface area contributed by atoms with Crippen molar-refractivity contribution in [3.05, 3.63) is 16.9 Å². The first-order valence-corrected chi connectivity index (χ1v) is 5.35. The molecule has 80 valence electrons. The topological polar surface area (TPSA) is 29.9 Å². The molecule has 3 nitrogen and oxygen atoms in total. The third-order valence-electron chi connectivity index (χ3n) is 2.01. The van der Waals surface area contributed by atoms with E-state index in [0.717, 1.165) is 17.3 Å². The van der Waals surface area contributed by atoms with Crippen molar-refractivity contribution in [1.82, 2.24) is 15.1 Å². The first kappa shape index (κ1) is 11.5. The molecule has 0 unspecified atom stereocenters. The van der Waals surface area contributed by atoms with Crippen molar-refractivity contribution >= 4 is 11.6 Å². The van der Waals surface area contributed by atoms with E-state index in [2.05, 4.69) is 38.1 Å². The molecule has 1 aromatic rings. The van der Waals surface area contributed by atoms with Crippen molar-refractivity contribution in [3.63, 3.8) is 0 Å². The van der Waals surface area contributed by atoms with E-state index in [4.69, 9.17) is 11.6 Å². The molecule has 1 N–H and O–H groups in total. The third-order valence-corrected chi connectivity index (χ3v) is 2.33. The van der Waals surface area contributed by atoms with E-state index in [1.54, 1.807) is 6.20 Å². The number of hydrogen-bond acceptors (Lipinski definition) is 2. The molecule has 0 aromatic carbocycles. The molecule has 4 heteroatoms. The van der Waals surface area contributed by atoms with Gasteiger partial charge in [-0.3, -0.25) is 4.68 Å². The number of nitrogens with one attached hydrogen (secondary N) is 1. The van der Waals surface area contributed by atoms with E-state index in [0.29, 0.717) is 12.1 Å². The van der Waals surface area contributed by atoms with Crippen LogP contribution in [0.2, 0.25) is 5.02 Å². The molecule has 0 bridgehead atoms. The predicted octanol–water partition coefficient (Wildman–Crippen LogP) is 2.62. The quantitative estimate of drug-likeness (QED) is 0.837. The molecule has 0 fully saturated rings. The third kappa shape index (κ3) is 2.72. The lowest BCUT2D eigenvalue weighted by molar-refractivity contribution is 0.483. The number of aromatic nitrogens is 2. The van der Waals surface area contributed by atoms with Gasteiger partial charge in [0.15, 0.2) is 0 Å². The Morgan fingerprint density at radius 2 is 2.07 bits per heavy atom. The lowest BCUT2D eigenvalue weighted by Gasteiger charge is -2.13. The Morgan fingerprint density at radius 1 is 1.43 bits per heavy atom. The molecule has 0 saturated heterocycles. The molecule has 14 heavy (non-hydrogen) atoms. The van der Waals surface area contributed by atoms with Gasteiger partial charge in [-0.05, 0) is 13.8 Å². The van der Waals surface area contributed by atoms with Gasteiger partial charge in [0.2, 0.25) is 0 Å². The summed E-state index contributed by atoms with van der Waals surface area (Å²) in [4.78, 5) is 0. The van der Waals surface area contributed by atoms with Crippen LogP contribution in [0.3, 0.4) is 0 Å². The maximum absolute atomic E-state index is 6.05. The minimum Gasteiger partial charge on any atom is -0.309 e. The lowest BCUT2D eigenvalue weighted by Crippen LogP contribution is -2.24. The fourth-order valence-corrected chi connectivity index (χ4v) is 1.47. The molecule has 0 spiro atoms. The predicted molar refractivity (Wildman–Crippen MR) is 59.6 cm³/mol. The second-order valence-corrected chi connectivity index (χ2v) is 4.42. The summed E-state index contributed by atoms with van der Waals surface area (Å²) in [5, 5.41) is 8.32. The molecule has 0 aliphatic rings. The molecular formula is C10H18ClN3. The van der Waals surface area contributed by atoms with Crippen LogP contribution in [0.1, 0.15) is 39.4 Å². The van der Waals surface area contributed by atoms with Crippen LogP contribution in [0.5, 0.6) is 0 Å². The highest BCUT2D eigenvalue weighted by Gasteiger charge is 2.11. The zero-order valence-corrected chi connectivity index (χ0v) is 9.97. The van der Waals surface area contributed by atoms with E-state index in [-0.39, 0.29) is 0 Å². The highest BCUT2D eigenvalue weighted by atomic mass is 35.5. The normalized spacial score (nSPS) is 11.6. The Hall–Kier alpha value is -0.540. The molecule has 1 rings (SSSR count). The number of hydrogen-bond donors (Lipinski definition) is 1. The van der Waals surface area contributed by atoms with E-state index in [9.17, 15) is 0 Å². The van der Waals surface area contributed by atoms with Crippen molar-refractivity contribution in [2.24, 2.45) is 0 Å². The second-order valence-electron chi connectivity index (χ2n) is 4.01. The van der Waals surface area contributed by atoms with Crippen LogP contribution < -0.4 is 5.32 Å². The van der Waals surface area contributed by atoms with Crippen LogP contribution >= 0.6 is 11.6 Å². The molecule has 0 atom stereocenters. The van der Waals surface area contributed by atoms with Crippen molar-refractivity contribution in [2.45, 2.75) is 46.3 Å². The van der Waals surface area contributed by atoms with Crippen LogP contribution in [0.15, 0.2) is 6.20 Å². The SMILES string of the molecule is CC(C)NCc1c(Cl)cnn1C(C)C. The maximum Gasteiger partial charge on any atom is 0.0831 e. The molecule has 1 heterocycles. The van der Waals surface area contributed by atoms with Gasteiger partial charge in [-0.2, -0.15) is 5.10 Å². The lowest BCUT2D eigenvalue weighted by atomic mass is 10.3. The summed E-state index contributed by atoms with van der Waals surface area (Å²) in [5.41, 5.74) is 1.07. The Kier molecular flexibility index (Phi) is 3.96. The van der Waals surface area contributed by atoms with E-state index < -0.39 is 0 Å². The van der Waals surface area contributed by atoms with Crippen LogP contribution in [0.4, 0.5) is 0 Å². The highest BCUT2D eigenvalue weighted by Crippen LogP contribution is 2.18. The Balaban J connectivity index is 2.77. The van der Waals surface area contributed by atoms with Gasteiger partial charge < -0.3 is 5.32 Å². The number of nitrogens with zero attached hydrogens (tertiary/aromatic N) is 2. The molecule has 0 saturated carbocycles. The number of rotatable bonds is 4. The number of halogens is 1. The standard InChI is InChI=1S/C10H18ClN3/c1-7(2)12-6-10-9(11)5-13-14(10)8(3)4/h5,7-8,12H,6H2,1-4H3. The summed E-state index contributed by atoms with van der Waals surface area (Å²) >= 11 is 6.05. The van der Waals surface area contributed by atoms with E-state index in [1.165, 1.54) is 0 Å². The second kappa shape index (κ2) is 4.80. The fourth-order valence-electron chi connectivity index (χ4n) is 1.28. The monoisotopic (exact) mass is 215 g/mol. The molecule has 0 aliphatic heterocycles. The zero-order chi connectivity index (χ0) is 10.7.